The Bertz CT molecular complexity index is 349. The third-order valence-corrected chi connectivity index (χ3v) is 3.89. The molecule has 0 aliphatic heterocycles. The summed E-state index contributed by atoms with van der Waals surface area (Å²) in [7, 11) is 2.86. The lowest BCUT2D eigenvalue weighted by Crippen LogP contribution is -2.64. The van der Waals surface area contributed by atoms with Crippen molar-refractivity contribution in [1.82, 2.24) is 5.32 Å². The molecule has 1 aliphatic rings. The molecule has 3 unspecified atom stereocenters. The number of carbonyl (C=O) groups is 1. The first-order valence-corrected chi connectivity index (χ1v) is 8.99. The molecular weight excluding hydrogens is 331 g/mol. The van der Waals surface area contributed by atoms with Gasteiger partial charge in [-0.05, 0) is 12.8 Å². The van der Waals surface area contributed by atoms with Gasteiger partial charge in [0.25, 0.3) is 5.91 Å². The molecule has 0 saturated heterocycles. The van der Waals surface area contributed by atoms with Gasteiger partial charge in [0.2, 0.25) is 0 Å². The van der Waals surface area contributed by atoms with Gasteiger partial charge < -0.3 is 30.7 Å². The number of carbonyl (C=O) groups excluding carboxylic acids is 1. The van der Waals surface area contributed by atoms with Crippen molar-refractivity contribution in [2.75, 3.05) is 14.2 Å². The molecule has 25 heavy (non-hydrogen) atoms. The van der Waals surface area contributed by atoms with Gasteiger partial charge in [0.05, 0.1) is 6.04 Å². The fourth-order valence-electron chi connectivity index (χ4n) is 2.62. The van der Waals surface area contributed by atoms with Gasteiger partial charge in [-0.2, -0.15) is 0 Å². The van der Waals surface area contributed by atoms with Gasteiger partial charge in [-0.1, -0.05) is 34.6 Å². The number of aliphatic hydroxyl groups excluding tert-OH is 2. The minimum Gasteiger partial charge on any atom is -0.388 e. The third kappa shape index (κ3) is 7.53. The van der Waals surface area contributed by atoms with Crippen LogP contribution in [0.2, 0.25) is 0 Å². The molecule has 1 saturated carbocycles. The maximum atomic E-state index is 13.3. The summed E-state index contributed by atoms with van der Waals surface area (Å²) >= 11 is 0. The van der Waals surface area contributed by atoms with E-state index in [1.54, 1.807) is 0 Å². The molecule has 152 valence electrons. The van der Waals surface area contributed by atoms with Gasteiger partial charge in [-0.15, -0.1) is 0 Å². The molecule has 0 radical (unpaired) electrons. The molecule has 0 heterocycles. The number of nitrogens with two attached hydrogens (primary N) is 1. The molecule has 0 bridgehead atoms. The van der Waals surface area contributed by atoms with Crippen LogP contribution < -0.4 is 11.1 Å². The number of halogens is 1. The molecule has 0 aromatic carbocycles. The van der Waals surface area contributed by atoms with Gasteiger partial charge in [0, 0.05) is 20.3 Å². The van der Waals surface area contributed by atoms with E-state index in [9.17, 15) is 19.4 Å². The van der Waals surface area contributed by atoms with Crippen molar-refractivity contribution in [3.8, 4) is 0 Å². The first kappa shape index (κ1) is 26.4. The normalized spacial score (nSPS) is 30.8. The van der Waals surface area contributed by atoms with Crippen molar-refractivity contribution in [1.29, 1.82) is 0 Å². The number of amides is 1. The molecule has 0 spiro atoms. The molecule has 7 nitrogen and oxygen atoms in total. The smallest absolute Gasteiger partial charge is 0.252 e. The fourth-order valence-corrected chi connectivity index (χ4v) is 2.62. The Labute approximate surface area is 151 Å². The van der Waals surface area contributed by atoms with Crippen molar-refractivity contribution in [3.05, 3.63) is 0 Å². The van der Waals surface area contributed by atoms with E-state index in [2.05, 4.69) is 5.32 Å². The summed E-state index contributed by atoms with van der Waals surface area (Å²) in [6.07, 6.45) is -5.44. The zero-order chi connectivity index (χ0) is 20.2. The lowest BCUT2D eigenvalue weighted by molar-refractivity contribution is -0.147. The van der Waals surface area contributed by atoms with Crippen LogP contribution in [-0.4, -0.2) is 73.0 Å². The van der Waals surface area contributed by atoms with E-state index < -0.39 is 48.6 Å². The maximum absolute atomic E-state index is 13.3. The van der Waals surface area contributed by atoms with Crippen molar-refractivity contribution >= 4 is 5.91 Å². The van der Waals surface area contributed by atoms with Crippen LogP contribution in [0.25, 0.3) is 0 Å². The van der Waals surface area contributed by atoms with Crippen molar-refractivity contribution in [3.63, 3.8) is 0 Å². The monoisotopic (exact) mass is 368 g/mol. The predicted octanol–water partition coefficient (Wildman–Crippen LogP) is 0.755. The summed E-state index contributed by atoms with van der Waals surface area (Å²) < 4.78 is 23.7. The average molecular weight is 368 g/mol. The SMILES string of the molecule is CC.CC.CCC(F)C(O)C(=O)N[C@@H]1C[C@H](N)[C@@H](OC)[C@H](OC)C1O. The number of aliphatic hydroxyl groups is 2. The first-order chi connectivity index (χ1) is 11.9. The van der Waals surface area contributed by atoms with Crippen molar-refractivity contribution in [2.24, 2.45) is 5.73 Å². The zero-order valence-corrected chi connectivity index (χ0v) is 16.5. The molecule has 5 N–H and O–H groups in total. The number of hydrogen-bond donors (Lipinski definition) is 4. The highest BCUT2D eigenvalue weighted by Gasteiger charge is 2.44. The molecule has 1 amide bonds. The van der Waals surface area contributed by atoms with Crippen LogP contribution in [0.4, 0.5) is 4.39 Å². The summed E-state index contributed by atoms with van der Waals surface area (Å²) in [4.78, 5) is 11.8. The lowest BCUT2D eigenvalue weighted by atomic mass is 9.84. The fraction of sp³-hybridized carbons (Fsp3) is 0.941. The number of methoxy groups -OCH3 is 2. The minimum absolute atomic E-state index is 0.0216. The first-order valence-electron chi connectivity index (χ1n) is 8.99. The largest absolute Gasteiger partial charge is 0.388 e. The second kappa shape index (κ2) is 14.4. The maximum Gasteiger partial charge on any atom is 0.252 e. The van der Waals surface area contributed by atoms with Crippen LogP contribution in [0.1, 0.15) is 47.5 Å². The minimum atomic E-state index is -1.76. The second-order valence-electron chi connectivity index (χ2n) is 5.27. The molecular formula is C17H37FN2O5. The van der Waals surface area contributed by atoms with Gasteiger partial charge in [0.15, 0.2) is 6.10 Å². The zero-order valence-electron chi connectivity index (χ0n) is 16.5. The number of alkyl halides is 1. The Hall–Kier alpha value is -0.800. The summed E-state index contributed by atoms with van der Waals surface area (Å²) in [5.41, 5.74) is 5.94. The van der Waals surface area contributed by atoms with Crippen LogP contribution in [0.5, 0.6) is 0 Å². The van der Waals surface area contributed by atoms with E-state index in [0.717, 1.165) is 0 Å². The molecule has 7 atom stereocenters. The number of rotatable bonds is 6. The van der Waals surface area contributed by atoms with Crippen LogP contribution >= 0.6 is 0 Å². The summed E-state index contributed by atoms with van der Waals surface area (Å²) in [6.45, 7) is 9.52. The highest BCUT2D eigenvalue weighted by molar-refractivity contribution is 5.81. The summed E-state index contributed by atoms with van der Waals surface area (Å²) in [5.74, 6) is -0.869. The Morgan fingerprint density at radius 1 is 1.24 bits per heavy atom. The van der Waals surface area contributed by atoms with Crippen LogP contribution in [-0.2, 0) is 14.3 Å². The molecule has 1 fully saturated rings. The second-order valence-corrected chi connectivity index (χ2v) is 5.27. The Kier molecular flexibility index (Phi) is 15.2. The topological polar surface area (TPSA) is 114 Å². The summed E-state index contributed by atoms with van der Waals surface area (Å²) in [6, 6.07) is -1.19. The van der Waals surface area contributed by atoms with Crippen LogP contribution in [0.15, 0.2) is 0 Å². The van der Waals surface area contributed by atoms with E-state index in [-0.39, 0.29) is 12.8 Å². The molecule has 8 heteroatoms. The van der Waals surface area contributed by atoms with Crippen molar-refractivity contribution in [2.45, 2.75) is 90.1 Å². The van der Waals surface area contributed by atoms with Gasteiger partial charge in [-0.25, -0.2) is 4.39 Å². The quantitative estimate of drug-likeness (QED) is 0.550. The van der Waals surface area contributed by atoms with E-state index in [0.29, 0.717) is 0 Å². The predicted molar refractivity (Wildman–Crippen MR) is 96.0 cm³/mol. The highest BCUT2D eigenvalue weighted by atomic mass is 19.1. The Balaban J connectivity index is 0. The van der Waals surface area contributed by atoms with E-state index in [1.807, 2.05) is 27.7 Å². The van der Waals surface area contributed by atoms with Gasteiger partial charge in [-0.3, -0.25) is 4.79 Å². The molecule has 1 rings (SSSR count). The standard InChI is InChI=1S/C13H25FN2O5.2C2H6/c1-4-6(14)9(17)13(19)16-8-5-7(15)11(20-2)12(21-3)10(8)18;2*1-2/h6-12,17-18H,4-5,15H2,1-3H3,(H,16,19);2*1-2H3/t6?,7-,8+,9?,10?,11+,12+;;/m0../s1. The van der Waals surface area contributed by atoms with E-state index >= 15 is 0 Å². The molecule has 1 aliphatic carbocycles. The van der Waals surface area contributed by atoms with Gasteiger partial charge in [0.1, 0.15) is 24.5 Å². The summed E-state index contributed by atoms with van der Waals surface area (Å²) in [5, 5.41) is 22.2. The number of nitrogens with one attached hydrogen (secondary N) is 1. The van der Waals surface area contributed by atoms with Crippen molar-refractivity contribution < 1.29 is 28.9 Å². The average Bonchev–Trinajstić information content (AvgIpc) is 2.65. The Morgan fingerprint density at radius 2 is 1.72 bits per heavy atom. The molecule has 0 aromatic rings. The highest BCUT2D eigenvalue weighted by Crippen LogP contribution is 2.24. The Morgan fingerprint density at radius 3 is 2.12 bits per heavy atom. The van der Waals surface area contributed by atoms with E-state index in [4.69, 9.17) is 15.2 Å². The van der Waals surface area contributed by atoms with E-state index in [1.165, 1.54) is 21.1 Å². The lowest BCUT2D eigenvalue weighted by Gasteiger charge is -2.42. The van der Waals surface area contributed by atoms with Crippen LogP contribution in [0.3, 0.4) is 0 Å². The number of ether oxygens (including phenoxy) is 2. The van der Waals surface area contributed by atoms with Crippen LogP contribution in [0, 0.1) is 0 Å². The number of hydrogen-bond acceptors (Lipinski definition) is 6. The van der Waals surface area contributed by atoms with Gasteiger partial charge >= 0.3 is 0 Å². The third-order valence-electron chi connectivity index (χ3n) is 3.89. The molecule has 0 aromatic heterocycles.